The van der Waals surface area contributed by atoms with Crippen molar-refractivity contribution in [2.75, 3.05) is 11.9 Å². The summed E-state index contributed by atoms with van der Waals surface area (Å²) in [7, 11) is 1.84. The van der Waals surface area contributed by atoms with Gasteiger partial charge >= 0.3 is 0 Å². The quantitative estimate of drug-likeness (QED) is 0.771. The molecule has 3 aromatic rings. The standard InChI is InChI=1S/C16H18N4O/c1-11-7-15(13-5-3-4-6-14(13)19-11)17-9-16(21)12-8-18-20(2)10-12/h3-8,10,16,21H,9H2,1-2H3,(H,17,19). The van der Waals surface area contributed by atoms with Crippen molar-refractivity contribution in [1.82, 2.24) is 14.8 Å². The van der Waals surface area contributed by atoms with Crippen molar-refractivity contribution >= 4 is 16.6 Å². The first-order valence-corrected chi connectivity index (χ1v) is 6.90. The van der Waals surface area contributed by atoms with E-state index in [-0.39, 0.29) is 0 Å². The lowest BCUT2D eigenvalue weighted by atomic mass is 10.1. The first kappa shape index (κ1) is 13.6. The highest BCUT2D eigenvalue weighted by molar-refractivity contribution is 5.91. The lowest BCUT2D eigenvalue weighted by molar-refractivity contribution is 0.191. The van der Waals surface area contributed by atoms with Crippen LogP contribution < -0.4 is 5.32 Å². The average Bonchev–Trinajstić information content (AvgIpc) is 2.91. The molecule has 1 unspecified atom stereocenters. The SMILES string of the molecule is Cc1cc(NCC(O)c2cnn(C)c2)c2ccccc2n1. The van der Waals surface area contributed by atoms with Crippen LogP contribution in [0.2, 0.25) is 0 Å². The van der Waals surface area contributed by atoms with Crippen LogP contribution in [-0.4, -0.2) is 26.4 Å². The Morgan fingerprint density at radius 1 is 1.33 bits per heavy atom. The molecule has 2 aromatic heterocycles. The topological polar surface area (TPSA) is 63.0 Å². The summed E-state index contributed by atoms with van der Waals surface area (Å²) in [6, 6.07) is 9.98. The van der Waals surface area contributed by atoms with E-state index in [1.165, 1.54) is 0 Å². The monoisotopic (exact) mass is 282 g/mol. The van der Waals surface area contributed by atoms with E-state index in [9.17, 15) is 5.11 Å². The molecule has 0 bridgehead atoms. The van der Waals surface area contributed by atoms with Gasteiger partial charge in [-0.05, 0) is 19.1 Å². The largest absolute Gasteiger partial charge is 0.386 e. The second kappa shape index (κ2) is 5.54. The minimum absolute atomic E-state index is 0.430. The molecule has 0 saturated heterocycles. The first-order chi connectivity index (χ1) is 10.1. The van der Waals surface area contributed by atoms with Crippen LogP contribution in [0.1, 0.15) is 17.4 Å². The first-order valence-electron chi connectivity index (χ1n) is 6.90. The fraction of sp³-hybridized carbons (Fsp3) is 0.250. The van der Waals surface area contributed by atoms with Gasteiger partial charge in [0.25, 0.3) is 0 Å². The Kier molecular flexibility index (Phi) is 3.58. The van der Waals surface area contributed by atoms with Crippen molar-refractivity contribution < 1.29 is 5.11 Å². The lowest BCUT2D eigenvalue weighted by Gasteiger charge is -2.13. The minimum Gasteiger partial charge on any atom is -0.386 e. The van der Waals surface area contributed by atoms with Gasteiger partial charge in [0.05, 0.1) is 17.8 Å². The summed E-state index contributed by atoms with van der Waals surface area (Å²) in [6.45, 7) is 2.40. The second-order valence-electron chi connectivity index (χ2n) is 5.17. The Balaban J connectivity index is 1.82. The molecule has 0 radical (unpaired) electrons. The molecular weight excluding hydrogens is 264 g/mol. The molecule has 0 aliphatic rings. The van der Waals surface area contributed by atoms with Crippen LogP contribution in [0, 0.1) is 6.92 Å². The van der Waals surface area contributed by atoms with E-state index in [2.05, 4.69) is 15.4 Å². The van der Waals surface area contributed by atoms with Crippen molar-refractivity contribution in [3.63, 3.8) is 0 Å². The number of nitrogens with zero attached hydrogens (tertiary/aromatic N) is 3. The van der Waals surface area contributed by atoms with Gasteiger partial charge in [0.1, 0.15) is 0 Å². The zero-order valence-corrected chi connectivity index (χ0v) is 12.1. The van der Waals surface area contributed by atoms with Crippen molar-refractivity contribution in [1.29, 1.82) is 0 Å². The van der Waals surface area contributed by atoms with E-state index < -0.39 is 6.10 Å². The van der Waals surface area contributed by atoms with Crippen LogP contribution in [0.4, 0.5) is 5.69 Å². The third kappa shape index (κ3) is 2.87. The van der Waals surface area contributed by atoms with Crippen LogP contribution in [0.25, 0.3) is 10.9 Å². The van der Waals surface area contributed by atoms with Gasteiger partial charge in [0.2, 0.25) is 0 Å². The smallest absolute Gasteiger partial charge is 0.0992 e. The number of aryl methyl sites for hydroxylation is 2. The van der Waals surface area contributed by atoms with Crippen molar-refractivity contribution in [3.05, 3.63) is 54.0 Å². The third-order valence-electron chi connectivity index (χ3n) is 3.44. The van der Waals surface area contributed by atoms with Gasteiger partial charge in [0, 0.05) is 42.1 Å². The summed E-state index contributed by atoms with van der Waals surface area (Å²) in [5.41, 5.74) is 3.70. The maximum Gasteiger partial charge on any atom is 0.0992 e. The zero-order valence-electron chi connectivity index (χ0n) is 12.1. The number of aliphatic hydroxyl groups is 1. The molecule has 0 amide bonds. The van der Waals surface area contributed by atoms with Crippen LogP contribution in [0.3, 0.4) is 0 Å². The van der Waals surface area contributed by atoms with E-state index in [0.717, 1.165) is 27.8 Å². The molecule has 0 fully saturated rings. The molecule has 0 saturated carbocycles. The van der Waals surface area contributed by atoms with Crippen LogP contribution in [0.15, 0.2) is 42.7 Å². The average molecular weight is 282 g/mol. The maximum atomic E-state index is 10.2. The Bertz CT molecular complexity index is 766. The number of aromatic nitrogens is 3. The van der Waals surface area contributed by atoms with Crippen LogP contribution in [-0.2, 0) is 7.05 Å². The highest BCUT2D eigenvalue weighted by Gasteiger charge is 2.10. The number of benzene rings is 1. The summed E-state index contributed by atoms with van der Waals surface area (Å²) >= 11 is 0. The van der Waals surface area contributed by atoms with Gasteiger partial charge in [-0.2, -0.15) is 5.10 Å². The van der Waals surface area contributed by atoms with Gasteiger partial charge in [0.15, 0.2) is 0 Å². The van der Waals surface area contributed by atoms with E-state index >= 15 is 0 Å². The zero-order chi connectivity index (χ0) is 14.8. The van der Waals surface area contributed by atoms with E-state index in [1.807, 2.05) is 50.5 Å². The van der Waals surface area contributed by atoms with Crippen molar-refractivity contribution in [2.24, 2.45) is 7.05 Å². The fourth-order valence-electron chi connectivity index (χ4n) is 2.39. The Labute approximate surface area is 123 Å². The summed E-state index contributed by atoms with van der Waals surface area (Å²) in [6.07, 6.45) is 2.91. The molecule has 1 atom stereocenters. The lowest BCUT2D eigenvalue weighted by Crippen LogP contribution is -2.12. The molecule has 0 spiro atoms. The predicted molar refractivity (Wildman–Crippen MR) is 83.1 cm³/mol. The Hall–Kier alpha value is -2.40. The minimum atomic E-state index is -0.592. The number of nitrogens with one attached hydrogen (secondary N) is 1. The summed E-state index contributed by atoms with van der Waals surface area (Å²) in [5, 5.41) is 18.6. The number of aliphatic hydroxyl groups excluding tert-OH is 1. The Morgan fingerprint density at radius 2 is 2.14 bits per heavy atom. The van der Waals surface area contributed by atoms with E-state index in [1.54, 1.807) is 10.9 Å². The van der Waals surface area contributed by atoms with E-state index in [0.29, 0.717) is 6.54 Å². The van der Waals surface area contributed by atoms with Gasteiger partial charge in [-0.3, -0.25) is 9.67 Å². The molecule has 1 aromatic carbocycles. The number of rotatable bonds is 4. The van der Waals surface area contributed by atoms with Crippen molar-refractivity contribution in [2.45, 2.75) is 13.0 Å². The number of para-hydroxylation sites is 1. The maximum absolute atomic E-state index is 10.2. The summed E-state index contributed by atoms with van der Waals surface area (Å²) in [5.74, 6) is 0. The van der Waals surface area contributed by atoms with Gasteiger partial charge in [-0.15, -0.1) is 0 Å². The number of hydrogen-bond acceptors (Lipinski definition) is 4. The second-order valence-corrected chi connectivity index (χ2v) is 5.17. The van der Waals surface area contributed by atoms with Gasteiger partial charge in [-0.1, -0.05) is 18.2 Å². The van der Waals surface area contributed by atoms with Gasteiger partial charge in [-0.25, -0.2) is 0 Å². The molecule has 0 aliphatic carbocycles. The van der Waals surface area contributed by atoms with Crippen LogP contribution in [0.5, 0.6) is 0 Å². The summed E-state index contributed by atoms with van der Waals surface area (Å²) in [4.78, 5) is 4.51. The highest BCUT2D eigenvalue weighted by Crippen LogP contribution is 2.23. The van der Waals surface area contributed by atoms with Gasteiger partial charge < -0.3 is 10.4 Å². The molecule has 3 rings (SSSR count). The molecule has 21 heavy (non-hydrogen) atoms. The molecular formula is C16H18N4O. The predicted octanol–water partition coefficient (Wildman–Crippen LogP) is 2.42. The number of fused-ring (bicyclic) bond motifs is 1. The fourth-order valence-corrected chi connectivity index (χ4v) is 2.39. The highest BCUT2D eigenvalue weighted by atomic mass is 16.3. The number of anilines is 1. The molecule has 0 aliphatic heterocycles. The molecule has 2 heterocycles. The molecule has 5 nitrogen and oxygen atoms in total. The van der Waals surface area contributed by atoms with Crippen molar-refractivity contribution in [3.8, 4) is 0 Å². The number of pyridine rings is 1. The third-order valence-corrected chi connectivity index (χ3v) is 3.44. The van der Waals surface area contributed by atoms with E-state index in [4.69, 9.17) is 0 Å². The Morgan fingerprint density at radius 3 is 2.90 bits per heavy atom. The molecule has 2 N–H and O–H groups in total. The normalized spacial score (nSPS) is 12.5. The number of hydrogen-bond donors (Lipinski definition) is 2. The van der Waals surface area contributed by atoms with Crippen LogP contribution >= 0.6 is 0 Å². The molecule has 5 heteroatoms. The summed E-state index contributed by atoms with van der Waals surface area (Å²) < 4.78 is 1.69. The molecule has 108 valence electrons.